The van der Waals surface area contributed by atoms with Crippen LogP contribution in [-0.4, -0.2) is 17.1 Å². The van der Waals surface area contributed by atoms with Crippen molar-refractivity contribution in [2.45, 2.75) is 32.2 Å². The van der Waals surface area contributed by atoms with Crippen molar-refractivity contribution >= 4 is 11.7 Å². The zero-order chi connectivity index (χ0) is 12.1. The molecule has 3 N–H and O–H groups in total. The lowest BCUT2D eigenvalue weighted by Gasteiger charge is -2.27. The highest BCUT2D eigenvalue weighted by Gasteiger charge is 2.41. The number of hydrogen-bond donors (Lipinski definition) is 2. The Morgan fingerprint density at radius 3 is 2.69 bits per heavy atom. The maximum atomic E-state index is 10.9. The van der Waals surface area contributed by atoms with Gasteiger partial charge < -0.3 is 10.1 Å². The molecular formula is C12H16N2O2. The number of carboxylic acids is 1. The molecule has 0 aliphatic carbocycles. The summed E-state index contributed by atoms with van der Waals surface area (Å²) in [6.07, 6.45) is 0. The number of carbonyl (C=O) groups is 1. The highest BCUT2D eigenvalue weighted by atomic mass is 16.4. The van der Waals surface area contributed by atoms with Crippen LogP contribution < -0.4 is 10.9 Å². The highest BCUT2D eigenvalue weighted by molar-refractivity contribution is 5.89. The molecule has 1 atom stereocenters. The van der Waals surface area contributed by atoms with Gasteiger partial charge in [0.05, 0.1) is 17.3 Å². The van der Waals surface area contributed by atoms with E-state index in [4.69, 9.17) is 10.9 Å². The fourth-order valence-electron chi connectivity index (χ4n) is 2.19. The second kappa shape index (κ2) is 3.22. The molecule has 1 unspecified atom stereocenters. The summed E-state index contributed by atoms with van der Waals surface area (Å²) in [5.41, 5.74) is 2.11. The number of nitrogens with zero attached hydrogens (tertiary/aromatic N) is 1. The maximum Gasteiger partial charge on any atom is 0.335 e. The third-order valence-electron chi connectivity index (χ3n) is 3.68. The summed E-state index contributed by atoms with van der Waals surface area (Å²) < 4.78 is 0. The highest BCUT2D eigenvalue weighted by Crippen LogP contribution is 2.43. The normalized spacial score (nSPS) is 22.0. The third kappa shape index (κ3) is 1.30. The van der Waals surface area contributed by atoms with Crippen LogP contribution in [0.2, 0.25) is 0 Å². The van der Waals surface area contributed by atoms with Crippen molar-refractivity contribution in [3.8, 4) is 0 Å². The van der Waals surface area contributed by atoms with Gasteiger partial charge in [-0.25, -0.2) is 10.6 Å². The number of anilines is 1. The molecule has 0 saturated heterocycles. The van der Waals surface area contributed by atoms with E-state index in [-0.39, 0.29) is 11.5 Å². The minimum atomic E-state index is -0.901. The SMILES string of the molecule is CC1N(N)c2ccc(C(=O)O)cc2C1(C)C. The van der Waals surface area contributed by atoms with Crippen LogP contribution in [0.4, 0.5) is 5.69 Å². The summed E-state index contributed by atoms with van der Waals surface area (Å²) in [5, 5.41) is 10.7. The molecule has 86 valence electrons. The van der Waals surface area contributed by atoms with Gasteiger partial charge in [0.2, 0.25) is 0 Å². The number of fused-ring (bicyclic) bond motifs is 1. The van der Waals surface area contributed by atoms with Crippen LogP contribution in [0, 0.1) is 0 Å². The average Bonchev–Trinajstić information content (AvgIpc) is 2.40. The zero-order valence-corrected chi connectivity index (χ0v) is 9.69. The standard InChI is InChI=1S/C12H16N2O2/c1-7-12(2,3)9-6-8(11(15)16)4-5-10(9)14(7)13/h4-7H,13H2,1-3H3,(H,15,16). The molecule has 16 heavy (non-hydrogen) atoms. The molecule has 0 saturated carbocycles. The van der Waals surface area contributed by atoms with Crippen molar-refractivity contribution in [1.82, 2.24) is 0 Å². The minimum absolute atomic E-state index is 0.129. The molecule has 0 bridgehead atoms. The van der Waals surface area contributed by atoms with Crippen LogP contribution in [0.5, 0.6) is 0 Å². The summed E-state index contributed by atoms with van der Waals surface area (Å²) in [6.45, 7) is 6.20. The molecule has 0 aromatic heterocycles. The quantitative estimate of drug-likeness (QED) is 0.707. The van der Waals surface area contributed by atoms with E-state index in [9.17, 15) is 4.79 Å². The molecule has 1 aliphatic rings. The smallest absolute Gasteiger partial charge is 0.335 e. The Hall–Kier alpha value is -1.55. The number of carboxylic acid groups (broad SMARTS) is 1. The molecule has 2 rings (SSSR count). The number of aromatic carboxylic acids is 1. The Bertz CT molecular complexity index is 454. The first-order valence-electron chi connectivity index (χ1n) is 5.27. The first kappa shape index (κ1) is 11.0. The first-order valence-corrected chi connectivity index (χ1v) is 5.27. The lowest BCUT2D eigenvalue weighted by molar-refractivity contribution is 0.0697. The molecular weight excluding hydrogens is 204 g/mol. The van der Waals surface area contributed by atoms with Gasteiger partial charge in [-0.2, -0.15) is 0 Å². The molecule has 1 aromatic carbocycles. The van der Waals surface area contributed by atoms with Gasteiger partial charge in [-0.3, -0.25) is 0 Å². The summed E-state index contributed by atoms with van der Waals surface area (Å²) >= 11 is 0. The van der Waals surface area contributed by atoms with E-state index < -0.39 is 5.97 Å². The van der Waals surface area contributed by atoms with Crippen molar-refractivity contribution in [3.05, 3.63) is 29.3 Å². The molecule has 0 radical (unpaired) electrons. The first-order chi connectivity index (χ1) is 7.35. The molecule has 4 nitrogen and oxygen atoms in total. The van der Waals surface area contributed by atoms with Crippen LogP contribution in [0.3, 0.4) is 0 Å². The van der Waals surface area contributed by atoms with E-state index in [1.165, 1.54) is 0 Å². The predicted molar refractivity (Wildman–Crippen MR) is 62.6 cm³/mol. The van der Waals surface area contributed by atoms with Crippen molar-refractivity contribution in [2.75, 3.05) is 5.01 Å². The Morgan fingerprint density at radius 2 is 2.12 bits per heavy atom. The molecule has 1 aliphatic heterocycles. The van der Waals surface area contributed by atoms with Crippen LogP contribution in [0.25, 0.3) is 0 Å². The minimum Gasteiger partial charge on any atom is -0.478 e. The lowest BCUT2D eigenvalue weighted by Crippen LogP contribution is -2.43. The Morgan fingerprint density at radius 1 is 1.50 bits per heavy atom. The van der Waals surface area contributed by atoms with Gasteiger partial charge in [0.25, 0.3) is 0 Å². The monoisotopic (exact) mass is 220 g/mol. The predicted octanol–water partition coefficient (Wildman–Crippen LogP) is 1.74. The Labute approximate surface area is 94.6 Å². The van der Waals surface area contributed by atoms with Crippen molar-refractivity contribution in [3.63, 3.8) is 0 Å². The third-order valence-corrected chi connectivity index (χ3v) is 3.68. The number of hydrogen-bond acceptors (Lipinski definition) is 3. The van der Waals surface area contributed by atoms with Gasteiger partial charge in [-0.1, -0.05) is 13.8 Å². The molecule has 0 fully saturated rings. The fourth-order valence-corrected chi connectivity index (χ4v) is 2.19. The number of benzene rings is 1. The summed E-state index contributed by atoms with van der Waals surface area (Å²) in [7, 11) is 0. The number of nitrogens with two attached hydrogens (primary N) is 1. The van der Waals surface area contributed by atoms with E-state index in [0.717, 1.165) is 11.3 Å². The lowest BCUT2D eigenvalue weighted by atomic mass is 9.81. The largest absolute Gasteiger partial charge is 0.478 e. The number of hydrazine groups is 1. The van der Waals surface area contributed by atoms with Gasteiger partial charge in [-0.15, -0.1) is 0 Å². The van der Waals surface area contributed by atoms with Gasteiger partial charge in [-0.05, 0) is 30.7 Å². The second-order valence-electron chi connectivity index (χ2n) is 4.84. The van der Waals surface area contributed by atoms with Gasteiger partial charge in [0.1, 0.15) is 0 Å². The van der Waals surface area contributed by atoms with Crippen LogP contribution >= 0.6 is 0 Å². The van der Waals surface area contributed by atoms with E-state index in [0.29, 0.717) is 5.56 Å². The van der Waals surface area contributed by atoms with E-state index in [2.05, 4.69) is 13.8 Å². The molecule has 1 heterocycles. The van der Waals surface area contributed by atoms with E-state index >= 15 is 0 Å². The summed E-state index contributed by atoms with van der Waals surface area (Å²) in [5.74, 6) is 5.08. The molecule has 0 spiro atoms. The summed E-state index contributed by atoms with van der Waals surface area (Å²) in [6, 6.07) is 5.26. The van der Waals surface area contributed by atoms with E-state index in [1.54, 1.807) is 23.2 Å². The molecule has 0 amide bonds. The molecule has 1 aromatic rings. The molecule has 4 heteroatoms. The van der Waals surface area contributed by atoms with Crippen LogP contribution in [0.1, 0.15) is 36.7 Å². The van der Waals surface area contributed by atoms with Crippen molar-refractivity contribution in [2.24, 2.45) is 5.84 Å². The maximum absolute atomic E-state index is 10.9. The van der Waals surface area contributed by atoms with Gasteiger partial charge in [0.15, 0.2) is 0 Å². The Balaban J connectivity index is 2.60. The van der Waals surface area contributed by atoms with Crippen LogP contribution in [-0.2, 0) is 5.41 Å². The van der Waals surface area contributed by atoms with Gasteiger partial charge >= 0.3 is 5.97 Å². The fraction of sp³-hybridized carbons (Fsp3) is 0.417. The zero-order valence-electron chi connectivity index (χ0n) is 9.69. The van der Waals surface area contributed by atoms with E-state index in [1.807, 2.05) is 6.92 Å². The summed E-state index contributed by atoms with van der Waals surface area (Å²) in [4.78, 5) is 10.9. The van der Waals surface area contributed by atoms with Crippen molar-refractivity contribution < 1.29 is 9.90 Å². The van der Waals surface area contributed by atoms with Crippen LogP contribution in [0.15, 0.2) is 18.2 Å². The average molecular weight is 220 g/mol. The second-order valence-corrected chi connectivity index (χ2v) is 4.84. The topological polar surface area (TPSA) is 66.6 Å². The number of rotatable bonds is 1. The Kier molecular flexibility index (Phi) is 2.20. The van der Waals surface area contributed by atoms with Crippen molar-refractivity contribution in [1.29, 1.82) is 0 Å². The van der Waals surface area contributed by atoms with Gasteiger partial charge in [0, 0.05) is 5.41 Å².